The number of aromatic amines is 1. The summed E-state index contributed by atoms with van der Waals surface area (Å²) in [7, 11) is 10.9. The lowest BCUT2D eigenvalue weighted by Gasteiger charge is -2.03. The van der Waals surface area contributed by atoms with Gasteiger partial charge < -0.3 is 76.1 Å². The van der Waals surface area contributed by atoms with Crippen LogP contribution in [0.2, 0.25) is 0 Å². The van der Waals surface area contributed by atoms with Crippen LogP contribution in [0, 0.1) is 0 Å². The first kappa shape index (κ1) is 103. The first-order valence-electron chi connectivity index (χ1n) is 40.8. The molecule has 14 rings (SSSR count). The Bertz CT molecular complexity index is 5750. The van der Waals surface area contributed by atoms with Gasteiger partial charge in [0.15, 0.2) is 74.3 Å². The quantitative estimate of drug-likeness (QED) is 0.0224. The average molecular weight is 1770 g/mol. The molecule has 31 heteroatoms. The van der Waals surface area contributed by atoms with Crippen molar-refractivity contribution in [2.45, 2.75) is 111 Å². The number of aromatic nitrogens is 6. The van der Waals surface area contributed by atoms with Crippen LogP contribution < -0.4 is 53.2 Å². The van der Waals surface area contributed by atoms with Gasteiger partial charge in [-0.25, -0.2) is 15.0 Å². The Kier molecular flexibility index (Phi) is 43.1. The molecule has 6 aromatic carbocycles. The highest BCUT2D eigenvalue weighted by Crippen LogP contribution is 2.30. The van der Waals surface area contributed by atoms with Crippen LogP contribution >= 0.6 is 34.0 Å². The number of benzene rings is 6. The molecule has 0 unspecified atom stereocenters. The molecular formula is C95H118N16O12S3. The molecule has 0 fully saturated rings. The molecular weight excluding hydrogens is 1650 g/mol. The highest BCUT2D eigenvalue weighted by atomic mass is 32.1. The van der Waals surface area contributed by atoms with E-state index in [-0.39, 0.29) is 63.7 Å². The molecule has 0 aliphatic rings. The molecule has 0 aliphatic carbocycles. The normalized spacial score (nSPS) is 10.0. The molecule has 0 saturated carbocycles. The fraction of sp³-hybridized carbons (Fsp3) is 0.295. The van der Waals surface area contributed by atoms with Crippen LogP contribution in [0.15, 0.2) is 184 Å². The molecule has 8 heterocycles. The van der Waals surface area contributed by atoms with E-state index in [1.54, 1.807) is 96.2 Å². The Labute approximate surface area is 748 Å². The van der Waals surface area contributed by atoms with E-state index in [0.29, 0.717) is 34.1 Å². The van der Waals surface area contributed by atoms with Crippen molar-refractivity contribution in [3.05, 3.63) is 230 Å². The van der Waals surface area contributed by atoms with Crippen LogP contribution in [0.5, 0.6) is 0 Å². The highest BCUT2D eigenvalue weighted by molar-refractivity contribution is 7.20. The van der Waals surface area contributed by atoms with Gasteiger partial charge in [-0.3, -0.25) is 47.9 Å². The summed E-state index contributed by atoms with van der Waals surface area (Å²) in [5.41, 5.74) is 14.8. The predicted molar refractivity (Wildman–Crippen MR) is 521 cm³/mol. The summed E-state index contributed by atoms with van der Waals surface area (Å²) in [6.45, 7) is 33.0. The van der Waals surface area contributed by atoms with E-state index in [4.69, 9.17) is 8.83 Å². The van der Waals surface area contributed by atoms with Crippen LogP contribution in [-0.2, 0) is 14.1 Å². The van der Waals surface area contributed by atoms with Crippen molar-refractivity contribution in [1.82, 2.24) is 29.1 Å². The van der Waals surface area contributed by atoms with E-state index in [0.717, 1.165) is 150 Å². The van der Waals surface area contributed by atoms with Gasteiger partial charge >= 0.3 is 0 Å². The summed E-state index contributed by atoms with van der Waals surface area (Å²) in [5, 5.41) is 38.5. The number of ketones is 10. The molecule has 28 nitrogen and oxygen atoms in total. The Balaban J connectivity index is 0.000000249. The van der Waals surface area contributed by atoms with Gasteiger partial charge in [-0.05, 0) is 208 Å². The van der Waals surface area contributed by atoms with Crippen molar-refractivity contribution in [1.29, 1.82) is 0 Å². The second-order valence-corrected chi connectivity index (χ2v) is 30.7. The van der Waals surface area contributed by atoms with Crippen molar-refractivity contribution in [2.24, 2.45) is 14.1 Å². The number of hydrogen-bond acceptors (Lipinski definition) is 28. The molecule has 0 bridgehead atoms. The summed E-state index contributed by atoms with van der Waals surface area (Å²) in [5.74, 6) is 2.22. The number of oxazole rings is 1. The number of carbonyl (C=O) groups excluding carboxylic acids is 10. The van der Waals surface area contributed by atoms with E-state index >= 15 is 0 Å². The third kappa shape index (κ3) is 33.5. The van der Waals surface area contributed by atoms with Crippen molar-refractivity contribution in [3.8, 4) is 0 Å². The van der Waals surface area contributed by atoms with Crippen LogP contribution in [0.25, 0.3) is 43.1 Å². The molecule has 8 aromatic heterocycles. The highest BCUT2D eigenvalue weighted by Gasteiger charge is 2.14. The maximum absolute atomic E-state index is 11.2. The number of thiophene rings is 2. The maximum atomic E-state index is 11.2. The second kappa shape index (κ2) is 52.7. The number of thiazole rings is 1. The predicted octanol–water partition coefficient (Wildman–Crippen LogP) is 21.8. The number of rotatable bonds is 26. The number of fused-ring (bicyclic) bond motifs is 4. The maximum Gasteiger partial charge on any atom is 0.263 e. The zero-order valence-electron chi connectivity index (χ0n) is 75.8. The number of H-pyrrole nitrogens is 1. The molecule has 0 radical (unpaired) electrons. The van der Waals surface area contributed by atoms with Gasteiger partial charge in [0.1, 0.15) is 22.6 Å². The van der Waals surface area contributed by atoms with E-state index in [2.05, 4.69) is 92.2 Å². The Morgan fingerprint density at radius 2 is 0.937 bits per heavy atom. The van der Waals surface area contributed by atoms with E-state index in [9.17, 15) is 47.9 Å². The Morgan fingerprint density at radius 1 is 0.381 bits per heavy atom. The lowest BCUT2D eigenvalue weighted by Crippen LogP contribution is -2.02. The number of hydrogen-bond donors (Lipinski definition) is 11. The molecule has 126 heavy (non-hydrogen) atoms. The molecule has 14 aromatic rings. The number of imidazole rings is 1. The van der Waals surface area contributed by atoms with Crippen LogP contribution in [0.1, 0.15) is 214 Å². The van der Waals surface area contributed by atoms with Crippen molar-refractivity contribution in [3.63, 3.8) is 0 Å². The zero-order valence-corrected chi connectivity index (χ0v) is 78.3. The molecule has 668 valence electrons. The van der Waals surface area contributed by atoms with Gasteiger partial charge in [0, 0.05) is 224 Å². The first-order valence-corrected chi connectivity index (χ1v) is 43.4. The minimum atomic E-state index is -0.160. The third-order valence-corrected chi connectivity index (χ3v) is 20.8. The Morgan fingerprint density at radius 3 is 1.44 bits per heavy atom. The van der Waals surface area contributed by atoms with E-state index in [1.165, 1.54) is 55.1 Å². The number of furan rings is 1. The minimum absolute atomic E-state index is 0.0118. The summed E-state index contributed by atoms with van der Waals surface area (Å²) < 4.78 is 15.4. The monoisotopic (exact) mass is 1770 g/mol. The lowest BCUT2D eigenvalue weighted by atomic mass is 10.1. The largest absolute Gasteiger partial charge is 0.453 e. The summed E-state index contributed by atoms with van der Waals surface area (Å²) in [6.07, 6.45) is 3.69. The van der Waals surface area contributed by atoms with Crippen molar-refractivity contribution >= 4 is 191 Å². The number of nitrogens with zero attached hydrogens (tertiary/aromatic N) is 5. The molecule has 0 amide bonds. The molecule has 0 saturated heterocycles. The topological polar surface area (TPSA) is 382 Å². The summed E-state index contributed by atoms with van der Waals surface area (Å²) >= 11 is 4.48. The fourth-order valence-electron chi connectivity index (χ4n) is 11.3. The number of anilines is 10. The standard InChI is InChI=1S/C12H13NO2.C12H13NOS.C11H12N2O.C10H10N2O2.2C10H13NO.C9H14N2O.C8H11NOS.C7H11N3O.C6H8N2OS/c2*1-3-13-10-4-5-11-9(6-10)7-12(15-11)8(2)14;1-7(14)11-6-8-5-9(12-2)3-4-10(8)13-11;1-6(13)10-12-8-4-3-7(11-2)5-9(8)14-10;1-3-11-10-6-4-9(5-7-10)8(2)12;1-3-11-10-6-4-5-9(7-10)8(2)12;1-4-10-8-5-9(7(2)12)11(3)6-8;1-3-9-7-4-8(6(2)10)11-5-7;1-5(11)7-9-6(8-2)4-10(7)3;1-4(9)5-3-10-6(7-2)8-5/h2*4-7,13H,3H2,1-2H3;3-6,12-13H,1-2H3;3-5,11H,1-2H3;2*4-7,11H,3H2,1-2H3;5-6,10H,4H2,1-3H3;4-5,9H,3H2,1-2H3;4,8H,1-3H3;3H,1-2H3,(H,7,8). The van der Waals surface area contributed by atoms with Gasteiger partial charge in [-0.1, -0.05) is 12.1 Å². The van der Waals surface area contributed by atoms with Crippen LogP contribution in [-0.4, -0.2) is 154 Å². The summed E-state index contributed by atoms with van der Waals surface area (Å²) in [4.78, 5) is 127. The van der Waals surface area contributed by atoms with E-state index < -0.39 is 0 Å². The van der Waals surface area contributed by atoms with Gasteiger partial charge in [0.25, 0.3) is 5.89 Å². The number of Topliss-reactive ketones (excluding diaryl/α,β-unsaturated/α-hetero) is 10. The lowest BCUT2D eigenvalue weighted by molar-refractivity contribution is 0.0977. The smallest absolute Gasteiger partial charge is 0.263 e. The third-order valence-electron chi connectivity index (χ3n) is 17.7. The molecule has 0 atom stereocenters. The molecule has 11 N–H and O–H groups in total. The molecule has 0 aliphatic heterocycles. The number of carbonyl (C=O) groups is 10. The number of nitrogens with one attached hydrogen (secondary N) is 11. The number of aryl methyl sites for hydroxylation is 2. The first-order chi connectivity index (χ1) is 60.1. The van der Waals surface area contributed by atoms with Crippen LogP contribution in [0.4, 0.5) is 56.4 Å². The zero-order chi connectivity index (χ0) is 93.3. The molecule has 0 spiro atoms. The summed E-state index contributed by atoms with van der Waals surface area (Å²) in [6, 6.07) is 47.9. The van der Waals surface area contributed by atoms with Crippen molar-refractivity contribution in [2.75, 3.05) is 121 Å². The second-order valence-electron chi connectivity index (χ2n) is 27.8. The average Bonchev–Trinajstić information content (AvgIpc) is 1.69. The fourth-order valence-corrected chi connectivity index (χ4v) is 13.8. The van der Waals surface area contributed by atoms with Gasteiger partial charge in [0.2, 0.25) is 5.78 Å². The SMILES string of the molecule is CCNc1cc(C(C)=O)n(C)c1.CCNc1ccc(C(C)=O)cc1.CCNc1ccc2oc(C(C)=O)cc2c1.CCNc1ccc2sc(C(C)=O)cc2c1.CCNc1cccc(C(C)=O)c1.CCNc1csc(C(C)=O)c1.CNc1ccc2[nH]c(C(C)=O)cc2c1.CNc1ccc2nc(C(C)=O)oc2c1.CNc1cn(C)c(C(C)=O)n1.CNc1nc(C(C)=O)cs1. The Hall–Kier alpha value is -13.7. The van der Waals surface area contributed by atoms with Gasteiger partial charge in [-0.2, -0.15) is 0 Å². The minimum Gasteiger partial charge on any atom is -0.453 e. The van der Waals surface area contributed by atoms with Crippen LogP contribution in [0.3, 0.4) is 0 Å². The van der Waals surface area contributed by atoms with Gasteiger partial charge in [-0.15, -0.1) is 34.0 Å². The van der Waals surface area contributed by atoms with Gasteiger partial charge in [0.05, 0.1) is 26.8 Å². The van der Waals surface area contributed by atoms with Crippen molar-refractivity contribution < 1.29 is 56.8 Å². The van der Waals surface area contributed by atoms with E-state index in [1.807, 2.05) is 205 Å².